The molecule has 0 radical (unpaired) electrons. The monoisotopic (exact) mass is 405 g/mol. The average Bonchev–Trinajstić information content (AvgIpc) is 2.77. The Morgan fingerprint density at radius 2 is 1.90 bits per heavy atom. The van der Waals surface area contributed by atoms with E-state index in [0.717, 1.165) is 16.0 Å². The van der Waals surface area contributed by atoms with Gasteiger partial charge >= 0.3 is 5.97 Å². The van der Waals surface area contributed by atoms with Crippen LogP contribution in [0.4, 0.5) is 0 Å². The maximum atomic E-state index is 12.7. The van der Waals surface area contributed by atoms with E-state index in [4.69, 9.17) is 10.1 Å². The summed E-state index contributed by atoms with van der Waals surface area (Å²) < 4.78 is 4.72. The van der Waals surface area contributed by atoms with Crippen LogP contribution in [0.25, 0.3) is 0 Å². The summed E-state index contributed by atoms with van der Waals surface area (Å²) in [4.78, 5) is 30.5. The van der Waals surface area contributed by atoms with Gasteiger partial charge in [0.2, 0.25) is 0 Å². The van der Waals surface area contributed by atoms with Crippen LogP contribution in [0.3, 0.4) is 0 Å². The molecule has 0 atom stereocenters. The Kier molecular flexibility index (Phi) is 6.76. The summed E-state index contributed by atoms with van der Waals surface area (Å²) in [7, 11) is 1.28. The third-order valence-corrected chi connectivity index (χ3v) is 5.11. The van der Waals surface area contributed by atoms with Crippen LogP contribution in [0, 0.1) is 5.41 Å². The number of esters is 1. The average molecular weight is 405 g/mol. The minimum atomic E-state index is -0.558. The standard InChI is InChI=1S/C22H19N3O3S/c1-28-22(27)20-15(6-5-11-24-20)14-25-21(26)19-10-9-18(12-16(19)13-23)29-17-7-3-2-4-8-17/h2-13,23H,14H2,1H3,(H,25,26). The van der Waals surface area contributed by atoms with Crippen LogP contribution >= 0.6 is 11.8 Å². The second kappa shape index (κ2) is 9.66. The summed E-state index contributed by atoms with van der Waals surface area (Å²) >= 11 is 1.56. The second-order valence-electron chi connectivity index (χ2n) is 5.99. The van der Waals surface area contributed by atoms with Crippen molar-refractivity contribution in [2.45, 2.75) is 16.3 Å². The van der Waals surface area contributed by atoms with E-state index >= 15 is 0 Å². The minimum absolute atomic E-state index is 0.120. The van der Waals surface area contributed by atoms with Crippen molar-refractivity contribution in [3.8, 4) is 0 Å². The molecule has 146 valence electrons. The van der Waals surface area contributed by atoms with E-state index in [1.54, 1.807) is 30.0 Å². The molecule has 3 aromatic rings. The first-order valence-corrected chi connectivity index (χ1v) is 9.62. The van der Waals surface area contributed by atoms with E-state index in [9.17, 15) is 9.59 Å². The first kappa shape index (κ1) is 20.3. The lowest BCUT2D eigenvalue weighted by Crippen LogP contribution is -2.25. The maximum absolute atomic E-state index is 12.7. The number of nitrogens with one attached hydrogen (secondary N) is 2. The maximum Gasteiger partial charge on any atom is 0.356 e. The zero-order chi connectivity index (χ0) is 20.6. The predicted octanol–water partition coefficient (Wildman–Crippen LogP) is 3.95. The number of pyridine rings is 1. The Labute approximate surface area is 172 Å². The third kappa shape index (κ3) is 5.08. The molecule has 6 nitrogen and oxygen atoms in total. The normalized spacial score (nSPS) is 10.2. The number of carbonyl (C=O) groups is 2. The number of ether oxygens (including phenoxy) is 1. The van der Waals surface area contributed by atoms with Crippen molar-refractivity contribution in [1.82, 2.24) is 10.3 Å². The van der Waals surface area contributed by atoms with Gasteiger partial charge in [-0.25, -0.2) is 9.78 Å². The Morgan fingerprint density at radius 3 is 2.62 bits per heavy atom. The van der Waals surface area contributed by atoms with E-state index < -0.39 is 5.97 Å². The van der Waals surface area contributed by atoms with Crippen molar-refractivity contribution in [1.29, 1.82) is 5.41 Å². The van der Waals surface area contributed by atoms with Crippen LogP contribution in [-0.2, 0) is 11.3 Å². The van der Waals surface area contributed by atoms with Gasteiger partial charge in [-0.05, 0) is 36.4 Å². The molecule has 0 spiro atoms. The zero-order valence-corrected chi connectivity index (χ0v) is 16.5. The lowest BCUT2D eigenvalue weighted by atomic mass is 10.1. The SMILES string of the molecule is COC(=O)c1ncccc1CNC(=O)c1ccc(Sc2ccccc2)cc1C=N. The molecule has 0 unspecified atom stereocenters. The van der Waals surface area contributed by atoms with E-state index in [0.29, 0.717) is 16.7 Å². The Hall–Kier alpha value is -3.45. The number of carbonyl (C=O) groups excluding carboxylic acids is 2. The van der Waals surface area contributed by atoms with Gasteiger partial charge in [-0.1, -0.05) is 36.0 Å². The molecule has 0 fully saturated rings. The molecule has 0 bridgehead atoms. The van der Waals surface area contributed by atoms with Gasteiger partial charge in [0.25, 0.3) is 5.91 Å². The van der Waals surface area contributed by atoms with E-state index in [1.807, 2.05) is 42.5 Å². The summed E-state index contributed by atoms with van der Waals surface area (Å²) in [5, 5.41) is 10.5. The van der Waals surface area contributed by atoms with Crippen LogP contribution in [-0.4, -0.2) is 30.2 Å². The highest BCUT2D eigenvalue weighted by atomic mass is 32.2. The van der Waals surface area contributed by atoms with Gasteiger partial charge < -0.3 is 15.5 Å². The topological polar surface area (TPSA) is 92.1 Å². The quantitative estimate of drug-likeness (QED) is 0.459. The number of methoxy groups -OCH3 is 1. The predicted molar refractivity (Wildman–Crippen MR) is 112 cm³/mol. The van der Waals surface area contributed by atoms with E-state index in [1.165, 1.54) is 13.3 Å². The highest BCUT2D eigenvalue weighted by Gasteiger charge is 2.15. The van der Waals surface area contributed by atoms with Crippen molar-refractivity contribution < 1.29 is 14.3 Å². The van der Waals surface area contributed by atoms with Crippen molar-refractivity contribution in [2.24, 2.45) is 0 Å². The number of aromatic nitrogens is 1. The number of hydrogen-bond donors (Lipinski definition) is 2. The number of nitrogens with zero attached hydrogens (tertiary/aromatic N) is 1. The molecule has 0 aliphatic carbocycles. The summed E-state index contributed by atoms with van der Waals surface area (Å²) in [6.07, 6.45) is 2.65. The van der Waals surface area contributed by atoms with Crippen LogP contribution in [0.15, 0.2) is 76.7 Å². The Balaban J connectivity index is 1.74. The van der Waals surface area contributed by atoms with Gasteiger partial charge in [-0.2, -0.15) is 0 Å². The van der Waals surface area contributed by atoms with Gasteiger partial charge in [-0.15, -0.1) is 0 Å². The molecular weight excluding hydrogens is 386 g/mol. The van der Waals surface area contributed by atoms with Crippen molar-refractivity contribution in [2.75, 3.05) is 7.11 Å². The molecule has 7 heteroatoms. The largest absolute Gasteiger partial charge is 0.464 e. The first-order chi connectivity index (χ1) is 14.1. The molecule has 2 N–H and O–H groups in total. The lowest BCUT2D eigenvalue weighted by Gasteiger charge is -2.11. The van der Waals surface area contributed by atoms with Gasteiger partial charge in [0.05, 0.1) is 7.11 Å². The van der Waals surface area contributed by atoms with Crippen LogP contribution in [0.2, 0.25) is 0 Å². The fourth-order valence-electron chi connectivity index (χ4n) is 2.69. The van der Waals surface area contributed by atoms with Crippen LogP contribution in [0.1, 0.15) is 32.0 Å². The van der Waals surface area contributed by atoms with Gasteiger partial charge in [0.15, 0.2) is 5.69 Å². The van der Waals surface area contributed by atoms with Crippen molar-refractivity contribution in [3.05, 3.63) is 89.2 Å². The molecule has 1 amide bonds. The van der Waals surface area contributed by atoms with E-state index in [-0.39, 0.29) is 18.1 Å². The molecule has 2 aromatic carbocycles. The van der Waals surface area contributed by atoms with Crippen molar-refractivity contribution in [3.63, 3.8) is 0 Å². The number of rotatable bonds is 7. The highest BCUT2D eigenvalue weighted by molar-refractivity contribution is 7.99. The third-order valence-electron chi connectivity index (χ3n) is 4.11. The van der Waals surface area contributed by atoms with E-state index in [2.05, 4.69) is 10.3 Å². The van der Waals surface area contributed by atoms with Crippen LogP contribution in [0.5, 0.6) is 0 Å². The molecule has 1 aromatic heterocycles. The number of benzene rings is 2. The molecule has 0 aliphatic rings. The Morgan fingerprint density at radius 1 is 1.10 bits per heavy atom. The first-order valence-electron chi connectivity index (χ1n) is 8.80. The summed E-state index contributed by atoms with van der Waals surface area (Å²) in [5.74, 6) is -0.892. The molecule has 0 saturated carbocycles. The molecule has 1 heterocycles. The number of amides is 1. The Bertz CT molecular complexity index is 1040. The molecule has 0 saturated heterocycles. The van der Waals surface area contributed by atoms with Gasteiger partial charge in [0, 0.05) is 45.4 Å². The lowest BCUT2D eigenvalue weighted by molar-refractivity contribution is 0.0591. The molecule has 0 aliphatic heterocycles. The smallest absolute Gasteiger partial charge is 0.356 e. The summed E-state index contributed by atoms with van der Waals surface area (Å²) in [5.41, 5.74) is 1.63. The summed E-state index contributed by atoms with van der Waals surface area (Å²) in [6, 6.07) is 18.6. The highest BCUT2D eigenvalue weighted by Crippen LogP contribution is 2.28. The zero-order valence-electron chi connectivity index (χ0n) is 15.7. The second-order valence-corrected chi connectivity index (χ2v) is 7.14. The summed E-state index contributed by atoms with van der Waals surface area (Å²) in [6.45, 7) is 0.120. The fourth-order valence-corrected chi connectivity index (χ4v) is 3.57. The molecule has 29 heavy (non-hydrogen) atoms. The molecule has 3 rings (SSSR count). The fraction of sp³-hybridized carbons (Fsp3) is 0.0909. The minimum Gasteiger partial charge on any atom is -0.464 e. The molecular formula is C22H19N3O3S. The number of hydrogen-bond acceptors (Lipinski definition) is 6. The van der Waals surface area contributed by atoms with Gasteiger partial charge in [0.1, 0.15) is 0 Å². The van der Waals surface area contributed by atoms with Crippen LogP contribution < -0.4 is 5.32 Å². The van der Waals surface area contributed by atoms with Gasteiger partial charge in [-0.3, -0.25) is 4.79 Å². The van der Waals surface area contributed by atoms with Crippen molar-refractivity contribution >= 4 is 29.9 Å².